The van der Waals surface area contributed by atoms with Gasteiger partial charge in [-0.2, -0.15) is 0 Å². The van der Waals surface area contributed by atoms with Crippen molar-refractivity contribution in [2.75, 3.05) is 0 Å². The van der Waals surface area contributed by atoms with Crippen LogP contribution < -0.4 is 9.47 Å². The first-order valence-electron chi connectivity index (χ1n) is 7.91. The van der Waals surface area contributed by atoms with Gasteiger partial charge in [-0.25, -0.2) is 9.59 Å². The third-order valence-electron chi connectivity index (χ3n) is 3.48. The van der Waals surface area contributed by atoms with E-state index in [1.165, 1.54) is 0 Å². The van der Waals surface area contributed by atoms with E-state index in [9.17, 15) is 9.59 Å². The highest BCUT2D eigenvalue weighted by molar-refractivity contribution is 5.93. The molecule has 24 heavy (non-hydrogen) atoms. The van der Waals surface area contributed by atoms with Crippen LogP contribution in [-0.2, 0) is 22.4 Å². The molecule has 0 amide bonds. The molecule has 0 bridgehead atoms. The van der Waals surface area contributed by atoms with Gasteiger partial charge < -0.3 is 9.47 Å². The molecule has 0 aliphatic heterocycles. The molecule has 0 unspecified atom stereocenters. The summed E-state index contributed by atoms with van der Waals surface area (Å²) in [5.74, 6) is -0.230. The van der Waals surface area contributed by atoms with Gasteiger partial charge in [-0.15, -0.1) is 0 Å². The lowest BCUT2D eigenvalue weighted by molar-refractivity contribution is -0.131. The fourth-order valence-corrected chi connectivity index (χ4v) is 2.21. The highest BCUT2D eigenvalue weighted by Crippen LogP contribution is 2.19. The van der Waals surface area contributed by atoms with Crippen LogP contribution in [0.25, 0.3) is 0 Å². The second-order valence-corrected chi connectivity index (χ2v) is 5.10. The van der Waals surface area contributed by atoms with Crippen LogP contribution in [0, 0.1) is 0 Å². The molecule has 4 nitrogen and oxygen atoms in total. The van der Waals surface area contributed by atoms with Crippen molar-refractivity contribution >= 4 is 11.9 Å². The van der Waals surface area contributed by atoms with Gasteiger partial charge in [0.2, 0.25) is 0 Å². The fraction of sp³-hybridized carbons (Fsp3) is 0.200. The summed E-state index contributed by atoms with van der Waals surface area (Å²) in [6.07, 6.45) is 3.65. The zero-order valence-corrected chi connectivity index (χ0v) is 13.8. The molecule has 0 saturated carbocycles. The summed E-state index contributed by atoms with van der Waals surface area (Å²) >= 11 is 0. The molecule has 124 valence electrons. The van der Waals surface area contributed by atoms with Crippen LogP contribution in [0.1, 0.15) is 25.0 Å². The molecule has 0 aliphatic rings. The lowest BCUT2D eigenvalue weighted by Gasteiger charge is -2.07. The van der Waals surface area contributed by atoms with Gasteiger partial charge in [-0.05, 0) is 36.1 Å². The number of benzene rings is 2. The molecule has 0 aromatic heterocycles. The summed E-state index contributed by atoms with van der Waals surface area (Å²) in [7, 11) is 0. The Balaban J connectivity index is 1.97. The largest absolute Gasteiger partial charge is 0.423 e. The third-order valence-corrected chi connectivity index (χ3v) is 3.48. The van der Waals surface area contributed by atoms with Crippen LogP contribution in [0.2, 0.25) is 0 Å². The van der Waals surface area contributed by atoms with Gasteiger partial charge in [0.25, 0.3) is 0 Å². The van der Waals surface area contributed by atoms with Crippen molar-refractivity contribution in [2.24, 2.45) is 0 Å². The summed E-state index contributed by atoms with van der Waals surface area (Å²) in [5, 5.41) is 0. The first-order chi connectivity index (χ1) is 11.6. The normalized spacial score (nSPS) is 10.6. The second-order valence-electron chi connectivity index (χ2n) is 5.10. The number of para-hydroxylation sites is 2. The topological polar surface area (TPSA) is 52.6 Å². The van der Waals surface area contributed by atoms with E-state index in [1.54, 1.807) is 24.3 Å². The molecule has 0 radical (unpaired) electrons. The minimum absolute atomic E-state index is 0.499. The average Bonchev–Trinajstić information content (AvgIpc) is 2.61. The Morgan fingerprint density at radius 1 is 0.750 bits per heavy atom. The molecular formula is C20H20O4. The number of carbonyl (C=O) groups is 2. The van der Waals surface area contributed by atoms with E-state index in [1.807, 2.05) is 38.1 Å². The van der Waals surface area contributed by atoms with Crippen molar-refractivity contribution in [3.05, 3.63) is 71.8 Å². The van der Waals surface area contributed by atoms with Crippen molar-refractivity contribution in [1.82, 2.24) is 0 Å². The number of esters is 2. The second kappa shape index (κ2) is 8.67. The monoisotopic (exact) mass is 324 g/mol. The standard InChI is InChI=1S/C20H20O4/c1-3-15-9-5-7-11-17(15)23-19(21)13-14-20(22)24-18-12-8-6-10-16(18)4-2/h5-14H,3-4H2,1-2H3. The van der Waals surface area contributed by atoms with Gasteiger partial charge in [0.15, 0.2) is 0 Å². The highest BCUT2D eigenvalue weighted by Gasteiger charge is 2.08. The SMILES string of the molecule is CCc1ccccc1OC(=O)C=CC(=O)Oc1ccccc1CC. The number of aryl methyl sites for hydroxylation is 2. The molecule has 0 heterocycles. The maximum Gasteiger partial charge on any atom is 0.336 e. The average molecular weight is 324 g/mol. The summed E-state index contributed by atoms with van der Waals surface area (Å²) in [5.41, 5.74) is 1.86. The van der Waals surface area contributed by atoms with Crippen LogP contribution in [0.4, 0.5) is 0 Å². The van der Waals surface area contributed by atoms with Crippen LogP contribution in [0.3, 0.4) is 0 Å². The van der Waals surface area contributed by atoms with E-state index >= 15 is 0 Å². The van der Waals surface area contributed by atoms with E-state index in [4.69, 9.17) is 9.47 Å². The minimum atomic E-state index is -0.614. The van der Waals surface area contributed by atoms with Crippen LogP contribution in [0.15, 0.2) is 60.7 Å². The summed E-state index contributed by atoms with van der Waals surface area (Å²) in [6, 6.07) is 14.6. The first-order valence-corrected chi connectivity index (χ1v) is 7.91. The highest BCUT2D eigenvalue weighted by atomic mass is 16.5. The Labute approximate surface area is 141 Å². The van der Waals surface area contributed by atoms with E-state index in [-0.39, 0.29) is 0 Å². The van der Waals surface area contributed by atoms with Gasteiger partial charge >= 0.3 is 11.9 Å². The Hall–Kier alpha value is -2.88. The van der Waals surface area contributed by atoms with Crippen molar-refractivity contribution in [2.45, 2.75) is 26.7 Å². The first kappa shape index (κ1) is 17.5. The minimum Gasteiger partial charge on any atom is -0.423 e. The van der Waals surface area contributed by atoms with E-state index in [0.717, 1.165) is 36.1 Å². The number of carbonyl (C=O) groups excluding carboxylic acids is 2. The Morgan fingerprint density at radius 2 is 1.12 bits per heavy atom. The van der Waals surface area contributed by atoms with E-state index in [0.29, 0.717) is 11.5 Å². The molecule has 0 atom stereocenters. The van der Waals surface area contributed by atoms with Crippen molar-refractivity contribution < 1.29 is 19.1 Å². The Bertz CT molecular complexity index is 683. The van der Waals surface area contributed by atoms with Crippen LogP contribution >= 0.6 is 0 Å². The Morgan fingerprint density at radius 3 is 1.50 bits per heavy atom. The molecule has 0 N–H and O–H groups in total. The molecule has 0 spiro atoms. The molecular weight excluding hydrogens is 304 g/mol. The number of hydrogen-bond donors (Lipinski definition) is 0. The van der Waals surface area contributed by atoms with E-state index in [2.05, 4.69) is 0 Å². The summed E-state index contributed by atoms with van der Waals surface area (Å²) in [4.78, 5) is 23.7. The molecule has 0 saturated heterocycles. The molecule has 2 rings (SSSR count). The van der Waals surface area contributed by atoms with Crippen molar-refractivity contribution in [1.29, 1.82) is 0 Å². The molecule has 2 aromatic carbocycles. The smallest absolute Gasteiger partial charge is 0.336 e. The van der Waals surface area contributed by atoms with Crippen molar-refractivity contribution in [3.63, 3.8) is 0 Å². The summed E-state index contributed by atoms with van der Waals surface area (Å²) in [6.45, 7) is 3.95. The fourth-order valence-electron chi connectivity index (χ4n) is 2.21. The van der Waals surface area contributed by atoms with E-state index < -0.39 is 11.9 Å². The molecule has 0 aliphatic carbocycles. The zero-order valence-electron chi connectivity index (χ0n) is 13.8. The van der Waals surface area contributed by atoms with Crippen LogP contribution in [0.5, 0.6) is 11.5 Å². The quantitative estimate of drug-likeness (QED) is 0.460. The number of ether oxygens (including phenoxy) is 2. The predicted molar refractivity (Wildman–Crippen MR) is 92.1 cm³/mol. The maximum atomic E-state index is 11.8. The van der Waals surface area contributed by atoms with Gasteiger partial charge in [0, 0.05) is 12.2 Å². The van der Waals surface area contributed by atoms with Crippen molar-refractivity contribution in [3.8, 4) is 11.5 Å². The molecule has 0 fully saturated rings. The Kier molecular flexibility index (Phi) is 6.32. The lowest BCUT2D eigenvalue weighted by atomic mass is 10.1. The zero-order chi connectivity index (χ0) is 17.4. The predicted octanol–water partition coefficient (Wildman–Crippen LogP) is 3.88. The maximum absolute atomic E-state index is 11.8. The van der Waals surface area contributed by atoms with Gasteiger partial charge in [0.05, 0.1) is 0 Å². The molecule has 4 heteroatoms. The van der Waals surface area contributed by atoms with Gasteiger partial charge in [-0.3, -0.25) is 0 Å². The number of rotatable bonds is 6. The molecule has 2 aromatic rings. The third kappa shape index (κ3) is 4.81. The summed E-state index contributed by atoms with van der Waals surface area (Å²) < 4.78 is 10.5. The lowest BCUT2D eigenvalue weighted by Crippen LogP contribution is -2.09. The van der Waals surface area contributed by atoms with Crippen LogP contribution in [-0.4, -0.2) is 11.9 Å². The number of hydrogen-bond acceptors (Lipinski definition) is 4. The van der Waals surface area contributed by atoms with Gasteiger partial charge in [-0.1, -0.05) is 50.2 Å². The van der Waals surface area contributed by atoms with Gasteiger partial charge in [0.1, 0.15) is 11.5 Å².